The van der Waals surface area contributed by atoms with Gasteiger partial charge < -0.3 is 13.4 Å². The van der Waals surface area contributed by atoms with Gasteiger partial charge in [-0.25, -0.2) is 5.01 Å². The smallest absolute Gasteiger partial charge is 0.253 e. The Morgan fingerprint density at radius 2 is 1.92 bits per heavy atom. The highest BCUT2D eigenvalue weighted by Crippen LogP contribution is 2.44. The van der Waals surface area contributed by atoms with Crippen LogP contribution in [0.5, 0.6) is 0 Å². The molecule has 36 heavy (non-hydrogen) atoms. The summed E-state index contributed by atoms with van der Waals surface area (Å²) in [5.41, 5.74) is 3.04. The SMILES string of the molecule is Cn1c(SCC(=O)N2N=C3C(=Cc4ccco4)CCCC3C2c2ccco2)nnc1-c1ccccc1. The number of carbonyl (C=O) groups excluding carboxylic acids is 1. The van der Waals surface area contributed by atoms with E-state index >= 15 is 0 Å². The Morgan fingerprint density at radius 1 is 1.08 bits per heavy atom. The van der Waals surface area contributed by atoms with Crippen molar-refractivity contribution < 1.29 is 13.6 Å². The Hall–Kier alpha value is -3.85. The lowest BCUT2D eigenvalue weighted by atomic mass is 9.79. The normalized spacial score (nSPS) is 20.5. The number of carbonyl (C=O) groups is 1. The van der Waals surface area contributed by atoms with E-state index in [9.17, 15) is 4.79 Å². The van der Waals surface area contributed by atoms with Gasteiger partial charge in [-0.05, 0) is 55.2 Å². The van der Waals surface area contributed by atoms with Crippen LogP contribution in [0.25, 0.3) is 17.5 Å². The van der Waals surface area contributed by atoms with Crippen molar-refractivity contribution >= 4 is 29.5 Å². The maximum absolute atomic E-state index is 13.5. The molecule has 6 rings (SSSR count). The summed E-state index contributed by atoms with van der Waals surface area (Å²) >= 11 is 1.36. The summed E-state index contributed by atoms with van der Waals surface area (Å²) in [6.07, 6.45) is 8.22. The molecule has 1 aromatic carbocycles. The number of fused-ring (bicyclic) bond motifs is 1. The van der Waals surface area contributed by atoms with Crippen molar-refractivity contribution in [3.63, 3.8) is 0 Å². The molecule has 4 aromatic rings. The van der Waals surface area contributed by atoms with Crippen LogP contribution in [0.1, 0.15) is 36.8 Å². The third kappa shape index (κ3) is 4.19. The van der Waals surface area contributed by atoms with E-state index in [4.69, 9.17) is 13.9 Å². The zero-order valence-corrected chi connectivity index (χ0v) is 20.6. The molecule has 9 heteroatoms. The largest absolute Gasteiger partial charge is 0.467 e. The van der Waals surface area contributed by atoms with Crippen LogP contribution in [0, 0.1) is 5.92 Å². The molecule has 182 valence electrons. The lowest BCUT2D eigenvalue weighted by Gasteiger charge is -2.27. The molecule has 3 aromatic heterocycles. The summed E-state index contributed by atoms with van der Waals surface area (Å²) < 4.78 is 13.2. The van der Waals surface area contributed by atoms with E-state index in [1.165, 1.54) is 11.8 Å². The summed E-state index contributed by atoms with van der Waals surface area (Å²) in [7, 11) is 1.91. The second-order valence-electron chi connectivity index (χ2n) is 8.89. The molecule has 4 heterocycles. The topological polar surface area (TPSA) is 89.7 Å². The molecular formula is C27H25N5O3S. The Bertz CT molecular complexity index is 1410. The molecule has 1 fully saturated rings. The van der Waals surface area contributed by atoms with Gasteiger partial charge >= 0.3 is 0 Å². The molecule has 0 spiro atoms. The number of thioether (sulfide) groups is 1. The summed E-state index contributed by atoms with van der Waals surface area (Å²) in [4.78, 5) is 13.5. The van der Waals surface area contributed by atoms with E-state index in [-0.39, 0.29) is 23.6 Å². The fourth-order valence-corrected chi connectivity index (χ4v) is 5.73. The van der Waals surface area contributed by atoms with E-state index < -0.39 is 0 Å². The molecule has 1 saturated carbocycles. The fraction of sp³-hybridized carbons (Fsp3) is 0.259. The average Bonchev–Trinajstić information content (AvgIpc) is 3.70. The van der Waals surface area contributed by atoms with Crippen LogP contribution in [0.4, 0.5) is 0 Å². The number of aromatic nitrogens is 3. The number of hydrogen-bond donors (Lipinski definition) is 0. The van der Waals surface area contributed by atoms with Crippen molar-refractivity contribution in [2.24, 2.45) is 18.1 Å². The van der Waals surface area contributed by atoms with Gasteiger partial charge in [-0.15, -0.1) is 10.2 Å². The third-order valence-corrected chi connectivity index (χ3v) is 7.65. The van der Waals surface area contributed by atoms with Crippen LogP contribution in [0.2, 0.25) is 0 Å². The van der Waals surface area contributed by atoms with Gasteiger partial charge in [0.15, 0.2) is 11.0 Å². The van der Waals surface area contributed by atoms with Crippen molar-refractivity contribution in [3.8, 4) is 11.4 Å². The van der Waals surface area contributed by atoms with Crippen LogP contribution in [0.3, 0.4) is 0 Å². The number of hydrogen-bond acceptors (Lipinski definition) is 7. The van der Waals surface area contributed by atoms with Crippen LogP contribution in [-0.2, 0) is 11.8 Å². The number of rotatable bonds is 6. The van der Waals surface area contributed by atoms with Gasteiger partial charge in [-0.2, -0.15) is 5.10 Å². The molecule has 2 aliphatic rings. The van der Waals surface area contributed by atoms with E-state index in [2.05, 4.69) is 10.2 Å². The highest BCUT2D eigenvalue weighted by atomic mass is 32.2. The highest BCUT2D eigenvalue weighted by Gasteiger charge is 2.45. The van der Waals surface area contributed by atoms with Crippen molar-refractivity contribution in [2.75, 3.05) is 5.75 Å². The van der Waals surface area contributed by atoms with Gasteiger partial charge in [0.1, 0.15) is 17.6 Å². The molecule has 2 unspecified atom stereocenters. The molecule has 0 saturated heterocycles. The van der Waals surface area contributed by atoms with Crippen LogP contribution < -0.4 is 0 Å². The molecular weight excluding hydrogens is 474 g/mol. The maximum atomic E-state index is 13.5. The first-order valence-electron chi connectivity index (χ1n) is 11.9. The maximum Gasteiger partial charge on any atom is 0.253 e. The Kier molecular flexibility index (Phi) is 6.06. The van der Waals surface area contributed by atoms with Crippen molar-refractivity contribution in [2.45, 2.75) is 30.5 Å². The Balaban J connectivity index is 1.25. The second-order valence-corrected chi connectivity index (χ2v) is 9.83. The summed E-state index contributed by atoms with van der Waals surface area (Å²) in [5.74, 6) is 2.49. The highest BCUT2D eigenvalue weighted by molar-refractivity contribution is 7.99. The van der Waals surface area contributed by atoms with Gasteiger partial charge in [0.25, 0.3) is 5.91 Å². The number of benzene rings is 1. The summed E-state index contributed by atoms with van der Waals surface area (Å²) in [6, 6.07) is 17.2. The predicted molar refractivity (Wildman–Crippen MR) is 137 cm³/mol. The lowest BCUT2D eigenvalue weighted by molar-refractivity contribution is -0.131. The summed E-state index contributed by atoms with van der Waals surface area (Å²) in [6.45, 7) is 0. The number of allylic oxidation sites excluding steroid dienone is 1. The number of furan rings is 2. The van der Waals surface area contributed by atoms with E-state index in [0.29, 0.717) is 5.16 Å². The minimum absolute atomic E-state index is 0.0829. The zero-order valence-electron chi connectivity index (χ0n) is 19.8. The van der Waals surface area contributed by atoms with Crippen LogP contribution in [-0.4, -0.2) is 37.1 Å². The predicted octanol–water partition coefficient (Wildman–Crippen LogP) is 5.58. The van der Waals surface area contributed by atoms with E-state index in [1.54, 1.807) is 17.5 Å². The zero-order chi connectivity index (χ0) is 24.5. The Morgan fingerprint density at radius 3 is 2.69 bits per heavy atom. The van der Waals surface area contributed by atoms with Crippen molar-refractivity contribution in [3.05, 3.63) is 84.2 Å². The minimum atomic E-state index is -0.261. The monoisotopic (exact) mass is 499 g/mol. The minimum Gasteiger partial charge on any atom is -0.467 e. The first-order chi connectivity index (χ1) is 17.7. The quantitative estimate of drug-likeness (QED) is 0.322. The van der Waals surface area contributed by atoms with Gasteiger partial charge in [0.05, 0.1) is 24.0 Å². The van der Waals surface area contributed by atoms with Gasteiger partial charge in [0.2, 0.25) is 0 Å². The average molecular weight is 500 g/mol. The first-order valence-corrected chi connectivity index (χ1v) is 12.9. The van der Waals surface area contributed by atoms with Crippen molar-refractivity contribution in [1.29, 1.82) is 0 Å². The summed E-state index contributed by atoms with van der Waals surface area (Å²) in [5, 5.41) is 15.8. The van der Waals surface area contributed by atoms with Crippen LogP contribution >= 0.6 is 11.8 Å². The fourth-order valence-electron chi connectivity index (χ4n) is 4.96. The number of amides is 1. The molecule has 8 nitrogen and oxygen atoms in total. The number of hydrazone groups is 1. The molecule has 2 atom stereocenters. The third-order valence-electron chi connectivity index (χ3n) is 6.64. The molecule has 0 bridgehead atoms. The molecule has 1 aliphatic heterocycles. The Labute approximate surface area is 212 Å². The van der Waals surface area contributed by atoms with E-state index in [0.717, 1.165) is 53.5 Å². The van der Waals surface area contributed by atoms with Gasteiger partial charge in [-0.3, -0.25) is 4.79 Å². The van der Waals surface area contributed by atoms with Crippen LogP contribution in [0.15, 0.2) is 91.8 Å². The van der Waals surface area contributed by atoms with Gasteiger partial charge in [-0.1, -0.05) is 42.1 Å². The molecule has 0 N–H and O–H groups in total. The van der Waals surface area contributed by atoms with E-state index in [1.807, 2.05) is 72.3 Å². The number of nitrogens with zero attached hydrogens (tertiary/aromatic N) is 5. The first kappa shape index (κ1) is 22.6. The van der Waals surface area contributed by atoms with Gasteiger partial charge in [0, 0.05) is 18.5 Å². The van der Waals surface area contributed by atoms with Crippen molar-refractivity contribution in [1.82, 2.24) is 19.8 Å². The molecule has 1 aliphatic carbocycles. The standard InChI is InChI=1S/C27H25N5O3S/c1-31-26(18-8-3-2-4-9-18)28-29-27(31)36-17-23(33)32-25(22-13-7-15-35-22)21-12-5-10-19(24(21)30-32)16-20-11-6-14-34-20/h2-4,6-9,11,13-16,21,25H,5,10,12,17H2,1H3. The molecule has 1 amide bonds. The molecule has 0 radical (unpaired) electrons. The lowest BCUT2D eigenvalue weighted by Crippen LogP contribution is -2.32. The second kappa shape index (κ2) is 9.66.